The Morgan fingerprint density at radius 1 is 1.23 bits per heavy atom. The van der Waals surface area contributed by atoms with Gasteiger partial charge in [0.05, 0.1) is 6.04 Å². The number of hydrogen-bond acceptors (Lipinski definition) is 4. The number of nitrogens with one attached hydrogen (secondary N) is 1. The topological polar surface area (TPSA) is 72.2 Å². The number of nitrogen functional groups attached to an aromatic ring is 1. The predicted octanol–water partition coefficient (Wildman–Crippen LogP) is 4.53. The van der Waals surface area contributed by atoms with Crippen LogP contribution in [0.25, 0.3) is 0 Å². The Bertz CT molecular complexity index is 816. The van der Waals surface area contributed by atoms with E-state index in [1.54, 1.807) is 11.3 Å². The molecule has 4 nitrogen and oxygen atoms in total. The molecule has 140 valence electrons. The molecule has 1 atom stereocenters. The van der Waals surface area contributed by atoms with Crippen LogP contribution in [0.4, 0.5) is 5.69 Å². The SMILES string of the molecule is Cc1cc(C(=O)CCC(=O)NC2CCCc3cc(N)ccc32)c(C)s1.Cl. The minimum Gasteiger partial charge on any atom is -0.399 e. The summed E-state index contributed by atoms with van der Waals surface area (Å²) in [5, 5.41) is 3.09. The monoisotopic (exact) mass is 392 g/mol. The van der Waals surface area contributed by atoms with Crippen molar-refractivity contribution in [2.45, 2.75) is 52.0 Å². The zero-order chi connectivity index (χ0) is 18.0. The van der Waals surface area contributed by atoms with Gasteiger partial charge in [-0.1, -0.05) is 6.07 Å². The third-order valence-electron chi connectivity index (χ3n) is 4.74. The number of amides is 1. The van der Waals surface area contributed by atoms with Crippen LogP contribution in [-0.2, 0) is 11.2 Å². The summed E-state index contributed by atoms with van der Waals surface area (Å²) in [4.78, 5) is 26.8. The number of rotatable bonds is 5. The van der Waals surface area contributed by atoms with Crippen LogP contribution in [0.15, 0.2) is 24.3 Å². The summed E-state index contributed by atoms with van der Waals surface area (Å²) in [7, 11) is 0. The summed E-state index contributed by atoms with van der Waals surface area (Å²) in [6.45, 7) is 3.95. The summed E-state index contributed by atoms with van der Waals surface area (Å²) in [6, 6.07) is 7.84. The molecule has 0 spiro atoms. The van der Waals surface area contributed by atoms with E-state index < -0.39 is 0 Å². The Morgan fingerprint density at radius 2 is 2.00 bits per heavy atom. The van der Waals surface area contributed by atoms with Crippen LogP contribution in [0.2, 0.25) is 0 Å². The number of anilines is 1. The van der Waals surface area contributed by atoms with Gasteiger partial charge in [-0.3, -0.25) is 9.59 Å². The summed E-state index contributed by atoms with van der Waals surface area (Å²) >= 11 is 1.62. The second-order valence-electron chi connectivity index (χ2n) is 6.72. The molecule has 1 aliphatic rings. The molecule has 0 radical (unpaired) electrons. The molecule has 0 aliphatic heterocycles. The summed E-state index contributed by atoms with van der Waals surface area (Å²) < 4.78 is 0. The van der Waals surface area contributed by atoms with Crippen molar-refractivity contribution in [3.63, 3.8) is 0 Å². The van der Waals surface area contributed by atoms with Crippen LogP contribution in [0.1, 0.15) is 63.0 Å². The van der Waals surface area contributed by atoms with E-state index in [1.165, 1.54) is 5.56 Å². The number of benzene rings is 1. The maximum Gasteiger partial charge on any atom is 0.220 e. The predicted molar refractivity (Wildman–Crippen MR) is 109 cm³/mol. The summed E-state index contributed by atoms with van der Waals surface area (Å²) in [5.74, 6) is -0.0125. The van der Waals surface area contributed by atoms with Gasteiger partial charge >= 0.3 is 0 Å². The van der Waals surface area contributed by atoms with Gasteiger partial charge in [-0.05, 0) is 62.4 Å². The molecule has 1 aliphatic carbocycles. The molecule has 1 aromatic heterocycles. The third kappa shape index (κ3) is 4.65. The van der Waals surface area contributed by atoms with E-state index in [4.69, 9.17) is 5.73 Å². The lowest BCUT2D eigenvalue weighted by molar-refractivity contribution is -0.121. The van der Waals surface area contributed by atoms with Crippen molar-refractivity contribution in [2.24, 2.45) is 0 Å². The quantitative estimate of drug-likeness (QED) is 0.580. The molecule has 26 heavy (non-hydrogen) atoms. The number of nitrogens with two attached hydrogens (primary N) is 1. The van der Waals surface area contributed by atoms with Gasteiger partial charge in [0.1, 0.15) is 0 Å². The number of ketones is 1. The van der Waals surface area contributed by atoms with Gasteiger partial charge in [0, 0.05) is 33.8 Å². The van der Waals surface area contributed by atoms with Crippen molar-refractivity contribution in [3.8, 4) is 0 Å². The lowest BCUT2D eigenvalue weighted by Crippen LogP contribution is -2.31. The molecule has 0 bridgehead atoms. The largest absolute Gasteiger partial charge is 0.399 e. The highest BCUT2D eigenvalue weighted by molar-refractivity contribution is 7.12. The van der Waals surface area contributed by atoms with Gasteiger partial charge < -0.3 is 11.1 Å². The molecule has 1 aromatic carbocycles. The highest BCUT2D eigenvalue weighted by atomic mass is 35.5. The zero-order valence-electron chi connectivity index (χ0n) is 15.1. The fourth-order valence-corrected chi connectivity index (χ4v) is 4.46. The molecule has 1 heterocycles. The average molecular weight is 393 g/mol. The molecular weight excluding hydrogens is 368 g/mol. The van der Waals surface area contributed by atoms with Crippen LogP contribution in [0.3, 0.4) is 0 Å². The van der Waals surface area contributed by atoms with E-state index in [-0.39, 0.29) is 43.0 Å². The van der Waals surface area contributed by atoms with Gasteiger partial charge in [-0.25, -0.2) is 0 Å². The smallest absolute Gasteiger partial charge is 0.220 e. The molecule has 1 amide bonds. The third-order valence-corrected chi connectivity index (χ3v) is 5.70. The molecule has 0 saturated heterocycles. The lowest BCUT2D eigenvalue weighted by Gasteiger charge is -2.26. The number of halogens is 1. The molecular formula is C20H25ClN2O2S. The van der Waals surface area contributed by atoms with E-state index in [9.17, 15) is 9.59 Å². The molecule has 3 rings (SSSR count). The highest BCUT2D eigenvalue weighted by Gasteiger charge is 2.22. The number of Topliss-reactive ketones (excluding diaryl/α,β-unsaturated/α-hetero) is 1. The van der Waals surface area contributed by atoms with Crippen LogP contribution >= 0.6 is 23.7 Å². The summed E-state index contributed by atoms with van der Waals surface area (Å²) in [6.07, 6.45) is 3.45. The van der Waals surface area contributed by atoms with E-state index in [0.29, 0.717) is 0 Å². The van der Waals surface area contributed by atoms with E-state index in [0.717, 1.165) is 45.8 Å². The molecule has 2 aromatic rings. The molecule has 1 unspecified atom stereocenters. The van der Waals surface area contributed by atoms with Crippen LogP contribution in [-0.4, -0.2) is 11.7 Å². The minimum absolute atomic E-state index is 0. The van der Waals surface area contributed by atoms with Crippen molar-refractivity contribution < 1.29 is 9.59 Å². The first kappa shape index (κ1) is 20.5. The van der Waals surface area contributed by atoms with Gasteiger partial charge in [0.15, 0.2) is 5.78 Å². The maximum atomic E-state index is 12.3. The highest BCUT2D eigenvalue weighted by Crippen LogP contribution is 2.31. The Morgan fingerprint density at radius 3 is 2.69 bits per heavy atom. The first-order chi connectivity index (χ1) is 11.9. The number of fused-ring (bicyclic) bond motifs is 1. The fraction of sp³-hybridized carbons (Fsp3) is 0.400. The van der Waals surface area contributed by atoms with Crippen LogP contribution in [0.5, 0.6) is 0 Å². The Kier molecular flexibility index (Phi) is 6.84. The zero-order valence-corrected chi connectivity index (χ0v) is 16.8. The standard InChI is InChI=1S/C20H24N2O2S.ClH/c1-12-10-17(13(2)25-12)19(23)8-9-20(24)22-18-5-3-4-14-11-15(21)6-7-16(14)18;/h6-7,10-11,18H,3-5,8-9,21H2,1-2H3,(H,22,24);1H. The lowest BCUT2D eigenvalue weighted by atomic mass is 9.87. The number of carbonyl (C=O) groups is 2. The van der Waals surface area contributed by atoms with Gasteiger partial charge in [-0.2, -0.15) is 0 Å². The molecule has 6 heteroatoms. The first-order valence-electron chi connectivity index (χ1n) is 8.72. The van der Waals surface area contributed by atoms with Crippen LogP contribution < -0.4 is 11.1 Å². The molecule has 3 N–H and O–H groups in total. The minimum atomic E-state index is -0.0624. The van der Waals surface area contributed by atoms with Gasteiger partial charge in [-0.15, -0.1) is 23.7 Å². The normalized spacial score (nSPS) is 15.7. The first-order valence-corrected chi connectivity index (χ1v) is 9.53. The second kappa shape index (κ2) is 8.69. The number of aryl methyl sites for hydroxylation is 3. The summed E-state index contributed by atoms with van der Waals surface area (Å²) in [5.41, 5.74) is 9.75. The average Bonchev–Trinajstić information content (AvgIpc) is 2.91. The van der Waals surface area contributed by atoms with Crippen LogP contribution in [0, 0.1) is 13.8 Å². The van der Waals surface area contributed by atoms with Gasteiger partial charge in [0.2, 0.25) is 5.91 Å². The second-order valence-corrected chi connectivity index (χ2v) is 8.18. The van der Waals surface area contributed by atoms with Crippen molar-refractivity contribution >= 4 is 41.1 Å². The van der Waals surface area contributed by atoms with Gasteiger partial charge in [0.25, 0.3) is 0 Å². The number of carbonyl (C=O) groups excluding carboxylic acids is 2. The molecule has 0 saturated carbocycles. The van der Waals surface area contributed by atoms with Crippen molar-refractivity contribution in [2.75, 3.05) is 5.73 Å². The van der Waals surface area contributed by atoms with Crippen molar-refractivity contribution in [3.05, 3.63) is 50.7 Å². The van der Waals surface area contributed by atoms with E-state index >= 15 is 0 Å². The molecule has 0 fully saturated rings. The number of hydrogen-bond donors (Lipinski definition) is 2. The number of thiophene rings is 1. The Balaban J connectivity index is 0.00000243. The Hall–Kier alpha value is -1.85. The van der Waals surface area contributed by atoms with Crippen molar-refractivity contribution in [1.29, 1.82) is 0 Å². The Labute approximate surface area is 164 Å². The van der Waals surface area contributed by atoms with E-state index in [1.807, 2.05) is 38.1 Å². The fourth-order valence-electron chi connectivity index (χ4n) is 3.52. The van der Waals surface area contributed by atoms with Crippen molar-refractivity contribution in [1.82, 2.24) is 5.32 Å². The van der Waals surface area contributed by atoms with E-state index in [2.05, 4.69) is 5.32 Å². The maximum absolute atomic E-state index is 12.3.